The summed E-state index contributed by atoms with van der Waals surface area (Å²) in [5.74, 6) is 0.257. The SMILES string of the molecule is C[C@](Sc1cnsn1)(N1CCSCC1)[C@](O)(Cn1cncn1)c1ccc(F)cc1F. The Labute approximate surface area is 185 Å². The monoisotopic (exact) mass is 470 g/mol. The van der Waals surface area contributed by atoms with E-state index in [-0.39, 0.29) is 12.1 Å². The van der Waals surface area contributed by atoms with Crippen LogP contribution in [0.15, 0.2) is 42.1 Å². The molecule has 0 saturated carbocycles. The Morgan fingerprint density at radius 2 is 2.07 bits per heavy atom. The molecule has 30 heavy (non-hydrogen) atoms. The molecule has 3 aromatic rings. The predicted octanol–water partition coefficient (Wildman–Crippen LogP) is 2.85. The molecule has 3 heterocycles. The van der Waals surface area contributed by atoms with Crippen molar-refractivity contribution in [1.29, 1.82) is 0 Å². The van der Waals surface area contributed by atoms with Gasteiger partial charge in [-0.15, -0.1) is 0 Å². The summed E-state index contributed by atoms with van der Waals surface area (Å²) < 4.78 is 38.6. The lowest BCUT2D eigenvalue weighted by Crippen LogP contribution is -2.62. The van der Waals surface area contributed by atoms with E-state index in [0.29, 0.717) is 18.1 Å². The van der Waals surface area contributed by atoms with Gasteiger partial charge in [-0.1, -0.05) is 17.8 Å². The van der Waals surface area contributed by atoms with Crippen molar-refractivity contribution in [2.45, 2.75) is 29.0 Å². The van der Waals surface area contributed by atoms with Crippen molar-refractivity contribution in [3.63, 3.8) is 0 Å². The number of hydrogen-bond acceptors (Lipinski definition) is 9. The highest BCUT2D eigenvalue weighted by molar-refractivity contribution is 8.00. The van der Waals surface area contributed by atoms with Gasteiger partial charge in [-0.2, -0.15) is 25.6 Å². The normalized spacial score (nSPS) is 19.3. The molecule has 1 aromatic carbocycles. The fourth-order valence-electron chi connectivity index (χ4n) is 3.66. The Kier molecular flexibility index (Phi) is 6.39. The standard InChI is InChI=1S/C18H20F2N6OS3/c1-17(25-4-6-28-7-5-25,29-16-9-23-30-24-16)18(27,10-26-12-21-11-22-26)14-3-2-13(19)8-15(14)20/h2-3,8-9,11-12,27H,4-7,10H2,1H3/t17-,18+/m1/s1. The molecule has 0 aliphatic carbocycles. The summed E-state index contributed by atoms with van der Waals surface area (Å²) in [7, 11) is 0. The van der Waals surface area contributed by atoms with Gasteiger partial charge in [0, 0.05) is 36.2 Å². The zero-order valence-electron chi connectivity index (χ0n) is 16.1. The first-order valence-electron chi connectivity index (χ1n) is 9.22. The summed E-state index contributed by atoms with van der Waals surface area (Å²) >= 11 is 4.22. The van der Waals surface area contributed by atoms with Crippen molar-refractivity contribution >= 4 is 35.3 Å². The summed E-state index contributed by atoms with van der Waals surface area (Å²) in [5.41, 5.74) is -1.79. The molecule has 2 aromatic heterocycles. The Morgan fingerprint density at radius 3 is 2.70 bits per heavy atom. The number of rotatable bonds is 7. The Morgan fingerprint density at radius 1 is 1.27 bits per heavy atom. The van der Waals surface area contributed by atoms with Crippen LogP contribution in [0.1, 0.15) is 12.5 Å². The number of hydrogen-bond donors (Lipinski definition) is 1. The molecule has 0 amide bonds. The van der Waals surface area contributed by atoms with Crippen LogP contribution in [0.4, 0.5) is 8.78 Å². The maximum atomic E-state index is 15.0. The second-order valence-corrected chi connectivity index (χ2v) is 10.2. The van der Waals surface area contributed by atoms with Crippen LogP contribution < -0.4 is 0 Å². The average Bonchev–Trinajstić information content (AvgIpc) is 3.42. The number of halogens is 2. The first-order chi connectivity index (χ1) is 14.4. The zero-order chi connectivity index (χ0) is 21.2. The summed E-state index contributed by atoms with van der Waals surface area (Å²) in [4.78, 5) is 5.03. The van der Waals surface area contributed by atoms with Crippen LogP contribution in [0.5, 0.6) is 0 Å². The third kappa shape index (κ3) is 4.11. The minimum atomic E-state index is -1.78. The van der Waals surface area contributed by atoms with Crippen molar-refractivity contribution in [2.24, 2.45) is 0 Å². The van der Waals surface area contributed by atoms with E-state index in [2.05, 4.69) is 23.7 Å². The first kappa shape index (κ1) is 21.6. The second kappa shape index (κ2) is 8.87. The molecule has 160 valence electrons. The van der Waals surface area contributed by atoms with Gasteiger partial charge in [-0.3, -0.25) is 4.90 Å². The van der Waals surface area contributed by atoms with Gasteiger partial charge in [0.1, 0.15) is 39.8 Å². The number of nitrogens with zero attached hydrogens (tertiary/aromatic N) is 6. The molecule has 1 N–H and O–H groups in total. The lowest BCUT2D eigenvalue weighted by Gasteiger charge is -2.51. The molecule has 1 aliphatic rings. The molecule has 12 heteroatoms. The van der Waals surface area contributed by atoms with Crippen LogP contribution in [-0.2, 0) is 12.1 Å². The molecular weight excluding hydrogens is 450 g/mol. The third-order valence-corrected chi connectivity index (χ3v) is 8.20. The maximum Gasteiger partial charge on any atom is 0.140 e. The first-order valence-corrected chi connectivity index (χ1v) is 11.9. The summed E-state index contributed by atoms with van der Waals surface area (Å²) in [6.07, 6.45) is 4.45. The molecule has 2 atom stereocenters. The minimum Gasteiger partial charge on any atom is -0.380 e. The molecule has 7 nitrogen and oxygen atoms in total. The van der Waals surface area contributed by atoms with E-state index in [1.165, 1.54) is 35.2 Å². The number of aliphatic hydroxyl groups is 1. The van der Waals surface area contributed by atoms with Crippen LogP contribution in [0.2, 0.25) is 0 Å². The number of thioether (sulfide) groups is 2. The van der Waals surface area contributed by atoms with Gasteiger partial charge in [0.2, 0.25) is 0 Å². The van der Waals surface area contributed by atoms with Gasteiger partial charge in [-0.05, 0) is 13.0 Å². The van der Waals surface area contributed by atoms with Gasteiger partial charge in [0.15, 0.2) is 0 Å². The summed E-state index contributed by atoms with van der Waals surface area (Å²) in [5, 5.41) is 17.0. The summed E-state index contributed by atoms with van der Waals surface area (Å²) in [6, 6.07) is 3.26. The van der Waals surface area contributed by atoms with Gasteiger partial charge in [0.05, 0.1) is 24.5 Å². The molecule has 1 saturated heterocycles. The highest BCUT2D eigenvalue weighted by Gasteiger charge is 2.55. The van der Waals surface area contributed by atoms with Crippen LogP contribution in [0.3, 0.4) is 0 Å². The average molecular weight is 471 g/mol. The molecule has 0 spiro atoms. The maximum absolute atomic E-state index is 15.0. The van der Waals surface area contributed by atoms with E-state index in [1.807, 2.05) is 18.7 Å². The molecule has 0 unspecified atom stereocenters. The van der Waals surface area contributed by atoms with E-state index in [9.17, 15) is 9.50 Å². The van der Waals surface area contributed by atoms with Crippen molar-refractivity contribution < 1.29 is 13.9 Å². The van der Waals surface area contributed by atoms with Crippen LogP contribution in [0, 0.1) is 11.6 Å². The van der Waals surface area contributed by atoms with Crippen molar-refractivity contribution in [1.82, 2.24) is 28.4 Å². The zero-order valence-corrected chi connectivity index (χ0v) is 18.6. The number of aromatic nitrogens is 5. The predicted molar refractivity (Wildman–Crippen MR) is 113 cm³/mol. The lowest BCUT2D eigenvalue weighted by molar-refractivity contribution is -0.0789. The molecule has 1 aliphatic heterocycles. The Bertz CT molecular complexity index is 970. The topological polar surface area (TPSA) is 80.0 Å². The molecule has 1 fully saturated rings. The summed E-state index contributed by atoms with van der Waals surface area (Å²) in [6.45, 7) is 3.20. The van der Waals surface area contributed by atoms with Gasteiger partial charge >= 0.3 is 0 Å². The van der Waals surface area contributed by atoms with E-state index < -0.39 is 22.1 Å². The smallest absolute Gasteiger partial charge is 0.140 e. The Hall–Kier alpha value is -1.60. The van der Waals surface area contributed by atoms with Crippen molar-refractivity contribution in [2.75, 3.05) is 24.6 Å². The largest absolute Gasteiger partial charge is 0.380 e. The Balaban J connectivity index is 1.87. The molecular formula is C18H20F2N6OS3. The molecule has 4 rings (SSSR count). The van der Waals surface area contributed by atoms with E-state index in [1.54, 1.807) is 6.20 Å². The number of benzene rings is 1. The van der Waals surface area contributed by atoms with E-state index >= 15 is 4.39 Å². The molecule has 0 radical (unpaired) electrons. The quantitative estimate of drug-likeness (QED) is 0.528. The minimum absolute atomic E-state index is 0.00387. The van der Waals surface area contributed by atoms with Crippen molar-refractivity contribution in [3.05, 3.63) is 54.2 Å². The fourth-order valence-corrected chi connectivity index (χ4v) is 6.37. The van der Waals surface area contributed by atoms with Crippen LogP contribution in [0.25, 0.3) is 0 Å². The van der Waals surface area contributed by atoms with E-state index in [0.717, 1.165) is 35.4 Å². The fraction of sp³-hybridized carbons (Fsp3) is 0.444. The van der Waals surface area contributed by atoms with Gasteiger partial charge < -0.3 is 5.11 Å². The highest BCUT2D eigenvalue weighted by atomic mass is 32.2. The second-order valence-electron chi connectivity index (χ2n) is 7.01. The van der Waals surface area contributed by atoms with Crippen LogP contribution >= 0.6 is 35.3 Å². The van der Waals surface area contributed by atoms with Crippen LogP contribution in [-0.4, -0.2) is 63.0 Å². The molecule has 0 bridgehead atoms. The highest BCUT2D eigenvalue weighted by Crippen LogP contribution is 2.50. The van der Waals surface area contributed by atoms with Gasteiger partial charge in [0.25, 0.3) is 0 Å². The third-order valence-electron chi connectivity index (χ3n) is 5.26. The van der Waals surface area contributed by atoms with Gasteiger partial charge in [-0.25, -0.2) is 18.4 Å². The van der Waals surface area contributed by atoms with Crippen molar-refractivity contribution in [3.8, 4) is 0 Å². The lowest BCUT2D eigenvalue weighted by atomic mass is 9.84. The van der Waals surface area contributed by atoms with E-state index in [4.69, 9.17) is 0 Å².